The van der Waals surface area contributed by atoms with Crippen molar-refractivity contribution in [1.29, 1.82) is 0 Å². The first-order valence-corrected chi connectivity index (χ1v) is 14.5. The second-order valence-corrected chi connectivity index (χ2v) is 11.1. The van der Waals surface area contributed by atoms with Crippen LogP contribution in [-0.2, 0) is 11.3 Å². The number of pyridine rings is 1. The predicted octanol–water partition coefficient (Wildman–Crippen LogP) is 0.289. The summed E-state index contributed by atoms with van der Waals surface area (Å²) >= 11 is 0. The van der Waals surface area contributed by atoms with E-state index in [-0.39, 0.29) is 75.9 Å². The van der Waals surface area contributed by atoms with E-state index in [0.29, 0.717) is 11.2 Å². The molecule has 0 aliphatic heterocycles. The van der Waals surface area contributed by atoms with Gasteiger partial charge in [-0.25, -0.2) is 14.4 Å². The monoisotopic (exact) mass is 665 g/mol. The van der Waals surface area contributed by atoms with E-state index in [9.17, 15) is 29.3 Å². The first kappa shape index (κ1) is 37.8. The van der Waals surface area contributed by atoms with Crippen LogP contribution in [0.5, 0.6) is 5.75 Å². The zero-order chi connectivity index (χ0) is 34.1. The number of aliphatic hydroxyl groups is 1. The number of rotatable bonds is 8. The third-order valence-electron chi connectivity index (χ3n) is 7.38. The van der Waals surface area contributed by atoms with Gasteiger partial charge in [0.05, 0.1) is 40.3 Å². The summed E-state index contributed by atoms with van der Waals surface area (Å²) in [5, 5.41) is 40.7. The summed E-state index contributed by atoms with van der Waals surface area (Å²) in [4.78, 5) is 40.0. The van der Waals surface area contributed by atoms with Crippen LogP contribution in [0.4, 0.5) is 4.39 Å². The normalized spacial score (nSPS) is 11.5. The predicted molar refractivity (Wildman–Crippen MR) is 171 cm³/mol. The molecule has 3 aromatic heterocycles. The molecule has 0 bridgehead atoms. The number of halogens is 1. The molecule has 0 amide bonds. The summed E-state index contributed by atoms with van der Waals surface area (Å²) in [5.74, 6) is -2.07. The molecule has 1 unspecified atom stereocenters. The van der Waals surface area contributed by atoms with Crippen molar-refractivity contribution in [3.05, 3.63) is 119 Å². The first-order chi connectivity index (χ1) is 22.4. The zero-order valence-electron chi connectivity index (χ0n) is 26.6. The number of nitrogens with one attached hydrogen (secondary N) is 1. The molecule has 14 heteroatoms. The van der Waals surface area contributed by atoms with Gasteiger partial charge in [0.2, 0.25) is 0 Å². The van der Waals surface area contributed by atoms with Gasteiger partial charge in [-0.2, -0.15) is 0 Å². The van der Waals surface area contributed by atoms with E-state index in [1.54, 1.807) is 24.4 Å². The molecule has 0 fully saturated rings. The summed E-state index contributed by atoms with van der Waals surface area (Å²) in [6, 6.07) is 21.2. The number of aromatic carboxylic acids is 1. The Morgan fingerprint density at radius 2 is 1.77 bits per heavy atom. The smallest absolute Gasteiger partial charge is 0.545 e. The Hall–Kier alpha value is -4.66. The number of aromatic hydroxyl groups is 1. The third-order valence-corrected chi connectivity index (χ3v) is 7.38. The van der Waals surface area contributed by atoms with E-state index in [4.69, 9.17) is 9.90 Å². The fraction of sp³-hybridized carbons (Fsp3) is 0.206. The van der Waals surface area contributed by atoms with E-state index in [0.717, 1.165) is 30.1 Å². The van der Waals surface area contributed by atoms with Crippen LogP contribution >= 0.6 is 0 Å². The number of para-hydroxylation sites is 2. The quantitative estimate of drug-likeness (QED) is 0.100. The average molecular weight is 666 g/mol. The van der Waals surface area contributed by atoms with Crippen LogP contribution < -0.4 is 45.5 Å². The van der Waals surface area contributed by atoms with Gasteiger partial charge in [0, 0.05) is 36.5 Å². The minimum absolute atomic E-state index is 0. The van der Waals surface area contributed by atoms with Crippen LogP contribution in [0.15, 0.2) is 96.2 Å². The number of nitrogens with zero attached hydrogens (tertiary/aromatic N) is 4. The van der Waals surface area contributed by atoms with Gasteiger partial charge in [-0.1, -0.05) is 24.3 Å². The molecular weight excluding hydrogens is 632 g/mol. The van der Waals surface area contributed by atoms with Crippen molar-refractivity contribution in [3.8, 4) is 5.75 Å². The average Bonchev–Trinajstić information content (AvgIpc) is 3.47. The maximum atomic E-state index is 13.8. The van der Waals surface area contributed by atoms with Gasteiger partial charge in [0.15, 0.2) is 0 Å². The molecular formula is C34H33FN5NaO7. The van der Waals surface area contributed by atoms with Crippen molar-refractivity contribution < 1.29 is 64.0 Å². The molecule has 0 radical (unpaired) electrons. The zero-order valence-corrected chi connectivity index (χ0v) is 28.6. The number of phenolic OH excluding ortho intramolecular Hbond substituents is 1. The Bertz CT molecular complexity index is 2080. The number of hydrogen-bond acceptors (Lipinski definition) is 9. The van der Waals surface area contributed by atoms with Gasteiger partial charge in [-0.05, 0) is 74.4 Å². The Morgan fingerprint density at radius 1 is 1.06 bits per heavy atom. The molecule has 4 N–H and O–H groups in total. The van der Waals surface area contributed by atoms with Gasteiger partial charge < -0.3 is 35.1 Å². The minimum atomic E-state index is -1.31. The molecule has 0 saturated carbocycles. The topological polar surface area (TPSA) is 182 Å². The van der Waals surface area contributed by atoms with Crippen molar-refractivity contribution in [1.82, 2.24) is 24.3 Å². The van der Waals surface area contributed by atoms with Gasteiger partial charge in [0.25, 0.3) is 12.0 Å². The van der Waals surface area contributed by atoms with Gasteiger partial charge >= 0.3 is 29.6 Å². The van der Waals surface area contributed by atoms with Gasteiger partial charge in [-0.3, -0.25) is 14.0 Å². The van der Waals surface area contributed by atoms with Crippen LogP contribution in [0.25, 0.3) is 27.6 Å². The van der Waals surface area contributed by atoms with E-state index in [1.165, 1.54) is 34.7 Å². The Labute approximate surface area is 296 Å². The number of carboxylic acid groups (broad SMARTS) is 2. The van der Waals surface area contributed by atoms with Crippen molar-refractivity contribution in [2.24, 2.45) is 0 Å². The van der Waals surface area contributed by atoms with Crippen molar-refractivity contribution >= 4 is 40.0 Å². The SMILES string of the molecule is CC(C)(CCn1cnc2ccccc21)NCC(O)c1ccc(O)cc1F.O=C([O-])c1ccc2nc3ccccn3c(=O)c2c1.O=CO.[Na+]. The standard InChI is InChI=1S/C20H24FN3O2.C13H8N2O3.CH2O2.Na/c1-20(2,9-10-24-13-22-17-5-3-4-6-18(17)24)23-12-19(26)15-8-7-14(25)11-16(15)21;16-12-9-7-8(13(17)18)4-5-10(9)14-11-3-1-2-6-15(11)12;2-1-3;/h3-8,11,13,19,23,25-26H,9-10,12H2,1-2H3;1-7H,(H,17,18);1H,(H,2,3);/q;;;+1/p-1. The first-order valence-electron chi connectivity index (χ1n) is 14.5. The number of carbonyl (C=O) groups excluding carboxylic acids is 1. The number of aryl methyl sites for hydroxylation is 1. The molecule has 3 heterocycles. The second kappa shape index (κ2) is 16.9. The van der Waals surface area contributed by atoms with E-state index < -0.39 is 17.9 Å². The van der Waals surface area contributed by atoms with Crippen LogP contribution in [0.2, 0.25) is 0 Å². The number of carboxylic acids is 1. The maximum absolute atomic E-state index is 13.8. The number of aromatic nitrogens is 4. The Balaban J connectivity index is 0.000000248. The molecule has 0 saturated heterocycles. The molecule has 1 atom stereocenters. The van der Waals surface area contributed by atoms with Crippen molar-refractivity contribution in [3.63, 3.8) is 0 Å². The molecule has 3 aromatic carbocycles. The molecule has 6 rings (SSSR count). The van der Waals surface area contributed by atoms with Gasteiger partial charge in [-0.15, -0.1) is 0 Å². The van der Waals surface area contributed by atoms with E-state index >= 15 is 0 Å². The number of aliphatic hydroxyl groups excluding tert-OH is 1. The number of imidazole rings is 1. The fourth-order valence-corrected chi connectivity index (χ4v) is 4.83. The van der Waals surface area contributed by atoms with E-state index in [2.05, 4.69) is 19.9 Å². The molecule has 48 heavy (non-hydrogen) atoms. The number of phenols is 1. The Morgan fingerprint density at radius 3 is 2.48 bits per heavy atom. The largest absolute Gasteiger partial charge is 1.00 e. The Kier molecular flexibility index (Phi) is 13.3. The van der Waals surface area contributed by atoms with Crippen molar-refractivity contribution in [2.75, 3.05) is 6.54 Å². The van der Waals surface area contributed by atoms with E-state index in [1.807, 2.05) is 44.4 Å². The van der Waals surface area contributed by atoms with Crippen LogP contribution in [0.3, 0.4) is 0 Å². The molecule has 244 valence electrons. The second-order valence-electron chi connectivity index (χ2n) is 11.1. The summed E-state index contributed by atoms with van der Waals surface area (Å²) < 4.78 is 17.3. The molecule has 0 spiro atoms. The summed E-state index contributed by atoms with van der Waals surface area (Å²) in [7, 11) is 0. The molecule has 12 nitrogen and oxygen atoms in total. The van der Waals surface area contributed by atoms with Crippen LogP contribution in [0.1, 0.15) is 42.3 Å². The molecule has 0 aliphatic rings. The molecule has 0 aliphatic carbocycles. The molecule has 6 aromatic rings. The van der Waals surface area contributed by atoms with Crippen molar-refractivity contribution in [2.45, 2.75) is 38.5 Å². The summed E-state index contributed by atoms with van der Waals surface area (Å²) in [6.07, 6.45) is 3.26. The fourth-order valence-electron chi connectivity index (χ4n) is 4.83. The number of hydrogen-bond donors (Lipinski definition) is 4. The summed E-state index contributed by atoms with van der Waals surface area (Å²) in [5.41, 5.74) is 2.65. The number of benzene rings is 3. The number of fused-ring (bicyclic) bond motifs is 3. The number of β-amino-alcohol motifs (C(OH)–C–C–N with tert-alkyl or cyclic N) is 1. The maximum Gasteiger partial charge on any atom is 1.00 e. The van der Waals surface area contributed by atoms with Gasteiger partial charge in [0.1, 0.15) is 17.2 Å². The number of carbonyl (C=O) groups is 2. The van der Waals surface area contributed by atoms with Crippen LogP contribution in [-0.4, -0.2) is 58.8 Å². The third kappa shape index (κ3) is 9.46. The minimum Gasteiger partial charge on any atom is -0.545 e. The van der Waals surface area contributed by atoms with Crippen LogP contribution in [0, 0.1) is 5.82 Å². The summed E-state index contributed by atoms with van der Waals surface area (Å²) in [6.45, 7) is 4.85.